The quantitative estimate of drug-likeness (QED) is 0.130. The second-order valence-corrected chi connectivity index (χ2v) is 13.0. The third kappa shape index (κ3) is 5.78. The van der Waals surface area contributed by atoms with Gasteiger partial charge in [0.25, 0.3) is 0 Å². The average Bonchev–Trinajstić information content (AvgIpc) is 3.51. The first-order valence-electron chi connectivity index (χ1n) is 15.3. The standard InChI is InChI=1S/C32H44O13/c1-9-10-11-12-22(37)44-23-16(2)15-21-32(31(8,45-32)28(38)43-21)27(42-19(5)35)25-29(6,14-13-20(36)30(25,7)39)26(41-18(4)34)24(23)40-17(3)33/h13-15,20-21,23-27,36,39H,9-12H2,1-8H3/b16-15-/t20-,21+,23+,24-,25-,26+,27+,29+,30-,31+,32+/m1/s1. The predicted octanol–water partition coefficient (Wildman–Crippen LogP) is 1.99. The molecule has 13 nitrogen and oxygen atoms in total. The summed E-state index contributed by atoms with van der Waals surface area (Å²) in [6.07, 6.45) is -2.13. The molecule has 2 fully saturated rings. The molecule has 250 valence electrons. The lowest BCUT2D eigenvalue weighted by molar-refractivity contribution is -0.230. The fourth-order valence-corrected chi connectivity index (χ4v) is 7.38. The first-order chi connectivity index (χ1) is 20.9. The molecule has 0 aromatic rings. The van der Waals surface area contributed by atoms with Gasteiger partial charge >= 0.3 is 29.8 Å². The SMILES string of the molecule is CCCCCC(=O)O[C@H]1/C(C)=C\[C@@H]2OC(=O)[C@]3(C)O[C@]23[C@@H](OC(C)=O)[C@H]2[C@](C)(O)[C@H](O)C=C[C@]2(C)[C@@H](OC(C)=O)[C@@H]1OC(C)=O. The van der Waals surface area contributed by atoms with Crippen molar-refractivity contribution in [2.24, 2.45) is 11.3 Å². The zero-order chi connectivity index (χ0) is 33.7. The number of rotatable bonds is 8. The van der Waals surface area contributed by atoms with E-state index in [9.17, 15) is 34.2 Å². The number of ether oxygens (including phenoxy) is 6. The zero-order valence-electron chi connectivity index (χ0n) is 27.0. The van der Waals surface area contributed by atoms with Crippen molar-refractivity contribution in [3.05, 3.63) is 23.8 Å². The van der Waals surface area contributed by atoms with Crippen LogP contribution in [0, 0.1) is 11.3 Å². The largest absolute Gasteiger partial charge is 0.459 e. The Balaban J connectivity index is 2.05. The molecule has 2 N–H and O–H groups in total. The van der Waals surface area contributed by atoms with E-state index in [1.54, 1.807) is 13.8 Å². The number of carbonyl (C=O) groups is 5. The van der Waals surface area contributed by atoms with Gasteiger partial charge in [-0.05, 0) is 38.8 Å². The van der Waals surface area contributed by atoms with E-state index in [-0.39, 0.29) is 12.0 Å². The molecule has 13 heteroatoms. The van der Waals surface area contributed by atoms with E-state index >= 15 is 0 Å². The average molecular weight is 637 g/mol. The molecule has 2 aliphatic carbocycles. The molecule has 2 aliphatic heterocycles. The molecule has 4 rings (SSSR count). The van der Waals surface area contributed by atoms with Crippen LogP contribution in [-0.4, -0.2) is 93.5 Å². The molecule has 2 heterocycles. The van der Waals surface area contributed by atoms with Crippen molar-refractivity contribution in [1.29, 1.82) is 0 Å². The van der Waals surface area contributed by atoms with Gasteiger partial charge in [-0.3, -0.25) is 19.2 Å². The van der Waals surface area contributed by atoms with Crippen molar-refractivity contribution >= 4 is 29.8 Å². The molecule has 0 unspecified atom stereocenters. The lowest BCUT2D eigenvalue weighted by Gasteiger charge is -2.55. The van der Waals surface area contributed by atoms with Crippen molar-refractivity contribution in [2.75, 3.05) is 0 Å². The Hall–Kier alpha value is -3.29. The maximum atomic E-state index is 13.3. The van der Waals surface area contributed by atoms with E-state index < -0.39 is 94.6 Å². The van der Waals surface area contributed by atoms with Gasteiger partial charge in [0.2, 0.25) is 0 Å². The third-order valence-corrected chi connectivity index (χ3v) is 9.59. The Morgan fingerprint density at radius 3 is 2.09 bits per heavy atom. The third-order valence-electron chi connectivity index (χ3n) is 9.59. The molecule has 0 aromatic heterocycles. The van der Waals surface area contributed by atoms with Crippen LogP contribution in [0.25, 0.3) is 0 Å². The normalized spacial score (nSPS) is 42.8. The Morgan fingerprint density at radius 1 is 0.933 bits per heavy atom. The fourth-order valence-electron chi connectivity index (χ4n) is 7.38. The number of epoxide rings is 1. The molecule has 4 aliphatic rings. The fraction of sp³-hybridized carbons (Fsp3) is 0.719. The predicted molar refractivity (Wildman–Crippen MR) is 154 cm³/mol. The number of aliphatic hydroxyl groups excluding tert-OH is 1. The molecule has 0 saturated carbocycles. The van der Waals surface area contributed by atoms with Crippen LogP contribution in [0.2, 0.25) is 0 Å². The van der Waals surface area contributed by atoms with Gasteiger partial charge in [-0.25, -0.2) is 4.79 Å². The monoisotopic (exact) mass is 636 g/mol. The number of hydrogen-bond acceptors (Lipinski definition) is 13. The number of esters is 5. The first kappa shape index (κ1) is 34.6. The molecule has 11 atom stereocenters. The van der Waals surface area contributed by atoms with Crippen LogP contribution >= 0.6 is 0 Å². The Bertz CT molecular complexity index is 1300. The molecule has 0 bridgehead atoms. The van der Waals surface area contributed by atoms with Gasteiger partial charge in [-0.1, -0.05) is 38.8 Å². The maximum absolute atomic E-state index is 13.3. The highest BCUT2D eigenvalue weighted by atomic mass is 16.7. The summed E-state index contributed by atoms with van der Waals surface area (Å²) in [6.45, 7) is 11.3. The van der Waals surface area contributed by atoms with Gasteiger partial charge in [0.05, 0.1) is 5.60 Å². The summed E-state index contributed by atoms with van der Waals surface area (Å²) in [5.41, 5.74) is -6.81. The van der Waals surface area contributed by atoms with E-state index in [4.69, 9.17) is 28.4 Å². The van der Waals surface area contributed by atoms with Crippen LogP contribution in [0.3, 0.4) is 0 Å². The Kier molecular flexibility index (Phi) is 9.33. The summed E-state index contributed by atoms with van der Waals surface area (Å²) in [4.78, 5) is 64.5. The summed E-state index contributed by atoms with van der Waals surface area (Å²) in [5.74, 6) is -5.13. The second kappa shape index (κ2) is 12.1. The summed E-state index contributed by atoms with van der Waals surface area (Å²) in [7, 11) is 0. The van der Waals surface area contributed by atoms with Crippen molar-refractivity contribution in [3.8, 4) is 0 Å². The summed E-state index contributed by atoms with van der Waals surface area (Å²) in [6, 6.07) is 0. The lowest BCUT2D eigenvalue weighted by atomic mass is 9.55. The van der Waals surface area contributed by atoms with Gasteiger partial charge in [0.15, 0.2) is 35.6 Å². The highest BCUT2D eigenvalue weighted by Gasteiger charge is 2.88. The van der Waals surface area contributed by atoms with Crippen LogP contribution < -0.4 is 0 Å². The maximum Gasteiger partial charge on any atom is 0.342 e. The number of carbonyl (C=O) groups excluding carboxylic acids is 5. The van der Waals surface area contributed by atoms with Crippen LogP contribution in [0.15, 0.2) is 23.8 Å². The smallest absolute Gasteiger partial charge is 0.342 e. The van der Waals surface area contributed by atoms with E-state index in [1.165, 1.54) is 32.1 Å². The number of fused-ring (bicyclic) bond motifs is 1. The minimum Gasteiger partial charge on any atom is -0.459 e. The summed E-state index contributed by atoms with van der Waals surface area (Å²) in [5, 5.41) is 23.1. The van der Waals surface area contributed by atoms with Crippen LogP contribution in [0.4, 0.5) is 0 Å². The number of hydrogen-bond donors (Lipinski definition) is 2. The number of aliphatic hydroxyl groups is 2. The molecule has 0 aromatic carbocycles. The number of unbranched alkanes of at least 4 members (excludes halogenated alkanes) is 2. The highest BCUT2D eigenvalue weighted by Crippen LogP contribution is 2.65. The van der Waals surface area contributed by atoms with E-state index in [2.05, 4.69) is 0 Å². The topological polar surface area (TPSA) is 184 Å². The van der Waals surface area contributed by atoms with Crippen molar-refractivity contribution in [3.63, 3.8) is 0 Å². The molecule has 0 radical (unpaired) electrons. The van der Waals surface area contributed by atoms with Crippen molar-refractivity contribution < 1.29 is 62.6 Å². The Labute approximate surface area is 262 Å². The highest BCUT2D eigenvalue weighted by molar-refractivity contribution is 5.89. The van der Waals surface area contributed by atoms with Gasteiger partial charge in [0, 0.05) is 38.5 Å². The molecular formula is C32H44O13. The lowest BCUT2D eigenvalue weighted by Crippen LogP contribution is -2.69. The molecule has 45 heavy (non-hydrogen) atoms. The Morgan fingerprint density at radius 2 is 1.53 bits per heavy atom. The van der Waals surface area contributed by atoms with E-state index in [0.717, 1.165) is 33.6 Å². The minimum absolute atomic E-state index is 0.0569. The van der Waals surface area contributed by atoms with Crippen LogP contribution in [-0.2, 0) is 52.4 Å². The molecule has 1 spiro atoms. The van der Waals surface area contributed by atoms with Crippen LogP contribution in [0.1, 0.15) is 81.1 Å². The molecule has 2 saturated heterocycles. The summed E-state index contributed by atoms with van der Waals surface area (Å²) < 4.78 is 35.5. The zero-order valence-corrected chi connectivity index (χ0v) is 27.0. The summed E-state index contributed by atoms with van der Waals surface area (Å²) >= 11 is 0. The molecular weight excluding hydrogens is 592 g/mol. The van der Waals surface area contributed by atoms with Gasteiger partial charge in [0.1, 0.15) is 12.2 Å². The van der Waals surface area contributed by atoms with Gasteiger partial charge < -0.3 is 38.6 Å². The van der Waals surface area contributed by atoms with E-state index in [1.807, 2.05) is 6.92 Å². The second-order valence-electron chi connectivity index (χ2n) is 13.0. The van der Waals surface area contributed by atoms with Gasteiger partial charge in [-0.2, -0.15) is 0 Å². The van der Waals surface area contributed by atoms with E-state index in [0.29, 0.717) is 6.42 Å². The van der Waals surface area contributed by atoms with Gasteiger partial charge in [-0.15, -0.1) is 0 Å². The first-order valence-corrected chi connectivity index (χ1v) is 15.3. The van der Waals surface area contributed by atoms with Crippen LogP contribution in [0.5, 0.6) is 0 Å². The van der Waals surface area contributed by atoms with Crippen molar-refractivity contribution in [1.82, 2.24) is 0 Å². The minimum atomic E-state index is -2.12. The van der Waals surface area contributed by atoms with Crippen molar-refractivity contribution in [2.45, 2.75) is 135 Å². The molecule has 0 amide bonds.